The Hall–Kier alpha value is -0.820. The van der Waals surface area contributed by atoms with Crippen molar-refractivity contribution in [3.05, 3.63) is 42.8 Å². The van der Waals surface area contributed by atoms with E-state index >= 15 is 0 Å². The molecule has 0 aliphatic rings. The summed E-state index contributed by atoms with van der Waals surface area (Å²) in [6.07, 6.45) is 0. The number of hydrogen-bond acceptors (Lipinski definition) is 1. The molecule has 0 aromatic heterocycles. The van der Waals surface area contributed by atoms with Gasteiger partial charge in [0, 0.05) is 5.54 Å². The molecule has 1 nitrogen and oxygen atoms in total. The summed E-state index contributed by atoms with van der Waals surface area (Å²) in [6.45, 7) is 10.2. The second-order valence-electron chi connectivity index (χ2n) is 3.37. The Kier molecular flexibility index (Phi) is 2.88. The van der Waals surface area contributed by atoms with Crippen LogP contribution in [0.25, 0.3) is 0 Å². The molecule has 0 spiro atoms. The van der Waals surface area contributed by atoms with Crippen LogP contribution in [0, 0.1) is 6.92 Å². The average molecular weight is 161 g/mol. The Morgan fingerprint density at radius 3 is 2.33 bits per heavy atom. The lowest BCUT2D eigenvalue weighted by Gasteiger charge is -2.26. The number of benzene rings is 1. The lowest BCUT2D eigenvalue weighted by Crippen LogP contribution is -2.36. The highest BCUT2D eigenvalue weighted by Crippen LogP contribution is 2.18. The van der Waals surface area contributed by atoms with Gasteiger partial charge in [0.25, 0.3) is 0 Å². The fraction of sp³-hybridized carbons (Fsp3) is 0.364. The average Bonchev–Trinajstić information content (AvgIpc) is 2.06. The van der Waals surface area contributed by atoms with Crippen LogP contribution in [0.5, 0.6) is 0 Å². The monoisotopic (exact) mass is 161 g/mol. The highest BCUT2D eigenvalue weighted by atomic mass is 14.9. The van der Waals surface area contributed by atoms with Gasteiger partial charge in [-0.15, -0.1) is 0 Å². The van der Waals surface area contributed by atoms with Crippen LogP contribution in [0.2, 0.25) is 0 Å². The Labute approximate surface area is 74.8 Å². The molecule has 0 aliphatic carbocycles. The topological polar surface area (TPSA) is 12.0 Å². The maximum Gasteiger partial charge on any atom is 0.0377 e. The Balaban J connectivity index is 2.82. The highest BCUT2D eigenvalue weighted by Gasteiger charge is 2.17. The van der Waals surface area contributed by atoms with Crippen molar-refractivity contribution in [2.45, 2.75) is 19.4 Å². The molecule has 0 fully saturated rings. The van der Waals surface area contributed by atoms with Crippen LogP contribution < -0.4 is 5.32 Å². The first kappa shape index (κ1) is 9.27. The quantitative estimate of drug-likeness (QED) is 0.716. The third-order valence-corrected chi connectivity index (χ3v) is 2.04. The standard InChI is InChI=1S/C11H15N/c1-4-12-11(2,3)10-8-6-5-7-9-10/h1,5-9,12H,4H2,2-3H3. The van der Waals surface area contributed by atoms with E-state index in [0.717, 1.165) is 0 Å². The normalized spacial score (nSPS) is 11.6. The number of hydrogen-bond donors (Lipinski definition) is 1. The van der Waals surface area contributed by atoms with E-state index in [0.29, 0.717) is 6.54 Å². The fourth-order valence-electron chi connectivity index (χ4n) is 1.21. The van der Waals surface area contributed by atoms with E-state index in [-0.39, 0.29) is 5.54 Å². The molecule has 0 aliphatic heterocycles. The summed E-state index contributed by atoms with van der Waals surface area (Å²) >= 11 is 0. The highest BCUT2D eigenvalue weighted by molar-refractivity contribution is 5.22. The van der Waals surface area contributed by atoms with E-state index in [1.165, 1.54) is 5.56 Å². The zero-order chi connectivity index (χ0) is 9.03. The lowest BCUT2D eigenvalue weighted by atomic mass is 9.94. The first-order valence-corrected chi connectivity index (χ1v) is 4.17. The van der Waals surface area contributed by atoms with Gasteiger partial charge in [-0.25, -0.2) is 0 Å². The van der Waals surface area contributed by atoms with Crippen LogP contribution in [0.3, 0.4) is 0 Å². The predicted molar refractivity (Wildman–Crippen MR) is 51.8 cm³/mol. The molecular formula is C11H15N. The maximum atomic E-state index is 5.44. The van der Waals surface area contributed by atoms with Crippen LogP contribution in [-0.4, -0.2) is 6.54 Å². The van der Waals surface area contributed by atoms with Crippen molar-refractivity contribution in [1.82, 2.24) is 5.32 Å². The molecule has 0 heterocycles. The zero-order valence-electron chi connectivity index (χ0n) is 7.67. The molecule has 2 radical (unpaired) electrons. The van der Waals surface area contributed by atoms with E-state index < -0.39 is 0 Å². The second-order valence-corrected chi connectivity index (χ2v) is 3.37. The van der Waals surface area contributed by atoms with E-state index in [1.54, 1.807) is 0 Å². The third-order valence-electron chi connectivity index (χ3n) is 2.04. The first-order valence-electron chi connectivity index (χ1n) is 4.17. The minimum atomic E-state index is -0.0317. The minimum Gasteiger partial charge on any atom is -0.308 e. The molecule has 0 atom stereocenters. The molecule has 0 saturated carbocycles. The van der Waals surface area contributed by atoms with E-state index in [9.17, 15) is 0 Å². The summed E-state index contributed by atoms with van der Waals surface area (Å²) in [5.41, 5.74) is 1.23. The number of nitrogens with one attached hydrogen (secondary N) is 1. The smallest absolute Gasteiger partial charge is 0.0377 e. The van der Waals surface area contributed by atoms with Gasteiger partial charge in [0.05, 0.1) is 0 Å². The molecule has 0 bridgehead atoms. The first-order chi connectivity index (χ1) is 5.67. The van der Waals surface area contributed by atoms with Gasteiger partial charge in [0.2, 0.25) is 0 Å². The fourth-order valence-corrected chi connectivity index (χ4v) is 1.21. The van der Waals surface area contributed by atoms with Crippen molar-refractivity contribution in [1.29, 1.82) is 0 Å². The molecule has 0 unspecified atom stereocenters. The van der Waals surface area contributed by atoms with Crippen molar-refractivity contribution in [2.75, 3.05) is 6.54 Å². The molecule has 1 heteroatoms. The molecule has 0 amide bonds. The Bertz CT molecular complexity index is 226. The summed E-state index contributed by atoms with van der Waals surface area (Å²) in [4.78, 5) is 0. The molecule has 64 valence electrons. The van der Waals surface area contributed by atoms with Crippen LogP contribution in [0.1, 0.15) is 19.4 Å². The van der Waals surface area contributed by atoms with Crippen molar-refractivity contribution in [2.24, 2.45) is 0 Å². The Morgan fingerprint density at radius 1 is 1.25 bits per heavy atom. The molecule has 1 rings (SSSR count). The van der Waals surface area contributed by atoms with Gasteiger partial charge in [-0.2, -0.15) is 0 Å². The van der Waals surface area contributed by atoms with Crippen LogP contribution in [-0.2, 0) is 5.54 Å². The van der Waals surface area contributed by atoms with Crippen molar-refractivity contribution in [3.63, 3.8) is 0 Å². The van der Waals surface area contributed by atoms with Gasteiger partial charge < -0.3 is 5.32 Å². The van der Waals surface area contributed by atoms with E-state index in [4.69, 9.17) is 6.92 Å². The van der Waals surface area contributed by atoms with Crippen molar-refractivity contribution >= 4 is 0 Å². The van der Waals surface area contributed by atoms with Gasteiger partial charge in [-0.1, -0.05) is 30.3 Å². The Morgan fingerprint density at radius 2 is 1.83 bits per heavy atom. The van der Waals surface area contributed by atoms with Crippen molar-refractivity contribution < 1.29 is 0 Å². The SMILES string of the molecule is [CH]CNC(C)(C)c1ccccc1. The molecule has 1 aromatic rings. The van der Waals surface area contributed by atoms with Gasteiger partial charge in [0.15, 0.2) is 0 Å². The largest absolute Gasteiger partial charge is 0.308 e. The second kappa shape index (κ2) is 3.72. The predicted octanol–water partition coefficient (Wildman–Crippen LogP) is 2.22. The molecule has 0 saturated heterocycles. The van der Waals surface area contributed by atoms with Gasteiger partial charge >= 0.3 is 0 Å². The van der Waals surface area contributed by atoms with Gasteiger partial charge in [-0.05, 0) is 32.9 Å². The van der Waals surface area contributed by atoms with E-state index in [1.807, 2.05) is 18.2 Å². The van der Waals surface area contributed by atoms with Crippen LogP contribution in [0.4, 0.5) is 0 Å². The number of rotatable bonds is 3. The van der Waals surface area contributed by atoms with Crippen LogP contribution >= 0.6 is 0 Å². The third kappa shape index (κ3) is 2.08. The molecule has 1 N–H and O–H groups in total. The molecule has 1 aromatic carbocycles. The summed E-state index contributed by atoms with van der Waals surface area (Å²) in [5, 5.41) is 3.22. The summed E-state index contributed by atoms with van der Waals surface area (Å²) in [6, 6.07) is 10.3. The minimum absolute atomic E-state index is 0.0317. The van der Waals surface area contributed by atoms with Gasteiger partial charge in [-0.3, -0.25) is 0 Å². The van der Waals surface area contributed by atoms with Gasteiger partial charge in [0.1, 0.15) is 0 Å². The van der Waals surface area contributed by atoms with Crippen LogP contribution in [0.15, 0.2) is 30.3 Å². The molecular weight excluding hydrogens is 146 g/mol. The summed E-state index contributed by atoms with van der Waals surface area (Å²) in [5.74, 6) is 0. The maximum absolute atomic E-state index is 5.44. The molecule has 12 heavy (non-hydrogen) atoms. The summed E-state index contributed by atoms with van der Waals surface area (Å²) in [7, 11) is 0. The van der Waals surface area contributed by atoms with Crippen molar-refractivity contribution in [3.8, 4) is 0 Å². The summed E-state index contributed by atoms with van der Waals surface area (Å²) < 4.78 is 0. The lowest BCUT2D eigenvalue weighted by molar-refractivity contribution is 0.425. The van der Waals surface area contributed by atoms with E-state index in [2.05, 4.69) is 31.3 Å². The zero-order valence-corrected chi connectivity index (χ0v) is 7.67.